The van der Waals surface area contributed by atoms with Crippen LogP contribution in [0, 0.1) is 0 Å². The first-order valence-corrected chi connectivity index (χ1v) is 11.2. The van der Waals surface area contributed by atoms with E-state index in [9.17, 15) is 24.0 Å². The first kappa shape index (κ1) is 24.6. The van der Waals surface area contributed by atoms with Gasteiger partial charge in [-0.1, -0.05) is 36.4 Å². The number of imide groups is 1. The summed E-state index contributed by atoms with van der Waals surface area (Å²) in [6, 6.07) is 12.2. The molecule has 1 aliphatic heterocycles. The van der Waals surface area contributed by atoms with Crippen LogP contribution in [0.1, 0.15) is 60.8 Å². The fourth-order valence-electron chi connectivity index (χ4n) is 4.21. The van der Waals surface area contributed by atoms with E-state index in [1.807, 2.05) is 0 Å². The number of carbonyl (C=O) groups excluding carboxylic acids is 5. The number of amides is 3. The predicted molar refractivity (Wildman–Crippen MR) is 126 cm³/mol. The van der Waals surface area contributed by atoms with Crippen LogP contribution in [0.2, 0.25) is 0 Å². The fourth-order valence-corrected chi connectivity index (χ4v) is 4.21. The Balaban J connectivity index is 2.04. The lowest BCUT2D eigenvalue weighted by atomic mass is 10.1. The Morgan fingerprint density at radius 1 is 0.778 bits per heavy atom. The van der Waals surface area contributed by atoms with Gasteiger partial charge in [0, 0.05) is 0 Å². The number of nitrogens with one attached hydrogen (secondary N) is 1. The summed E-state index contributed by atoms with van der Waals surface area (Å²) in [6.45, 7) is 3.20. The van der Waals surface area contributed by atoms with Crippen LogP contribution in [-0.2, 0) is 20.7 Å². The number of hydrogen-bond donors (Lipinski definition) is 2. The molecule has 3 amide bonds. The van der Waals surface area contributed by atoms with E-state index in [0.29, 0.717) is 5.56 Å². The summed E-state index contributed by atoms with van der Waals surface area (Å²) < 4.78 is 10.5. The molecule has 3 aliphatic rings. The summed E-state index contributed by atoms with van der Waals surface area (Å²) in [4.78, 5) is 65.6. The first-order chi connectivity index (χ1) is 17.3. The molecule has 10 heteroatoms. The summed E-state index contributed by atoms with van der Waals surface area (Å²) in [5, 5.41) is 8.85. The Bertz CT molecular complexity index is 1290. The zero-order valence-corrected chi connectivity index (χ0v) is 19.5. The summed E-state index contributed by atoms with van der Waals surface area (Å²) in [6.07, 6.45) is -0.178. The smallest absolute Gasteiger partial charge is 0.340 e. The van der Waals surface area contributed by atoms with E-state index >= 15 is 0 Å². The van der Waals surface area contributed by atoms with Gasteiger partial charge in [0.15, 0.2) is 0 Å². The van der Waals surface area contributed by atoms with Gasteiger partial charge in [-0.05, 0) is 42.7 Å². The molecule has 2 N–H and O–H groups in total. The number of hydroxylamine groups is 1. The van der Waals surface area contributed by atoms with Crippen LogP contribution in [0.4, 0.5) is 5.69 Å². The van der Waals surface area contributed by atoms with E-state index in [1.54, 1.807) is 31.5 Å². The Kier molecular flexibility index (Phi) is 6.80. The Morgan fingerprint density at radius 2 is 1.25 bits per heavy atom. The van der Waals surface area contributed by atoms with E-state index in [1.165, 1.54) is 36.4 Å². The molecule has 10 nitrogen and oxygen atoms in total. The molecule has 0 aromatic heterocycles. The highest BCUT2D eigenvalue weighted by atomic mass is 16.5. The third-order valence-corrected chi connectivity index (χ3v) is 5.70. The Morgan fingerprint density at radius 3 is 1.67 bits per heavy atom. The summed E-state index contributed by atoms with van der Waals surface area (Å²) >= 11 is 0. The number of esters is 2. The number of rotatable bonds is 7. The second-order valence-electron chi connectivity index (χ2n) is 7.81. The van der Waals surface area contributed by atoms with Crippen molar-refractivity contribution in [3.8, 4) is 11.1 Å². The minimum atomic E-state index is -0.842. The molecule has 0 atom stereocenters. The van der Waals surface area contributed by atoms with Crippen LogP contribution in [0.25, 0.3) is 11.1 Å². The summed E-state index contributed by atoms with van der Waals surface area (Å²) in [5.41, 5.74) is 2.21. The minimum Gasteiger partial charge on any atom is -0.462 e. The number of nitrogens with zero attached hydrogens (tertiary/aromatic N) is 1. The Labute approximate surface area is 205 Å². The van der Waals surface area contributed by atoms with Crippen LogP contribution >= 0.6 is 0 Å². The van der Waals surface area contributed by atoms with Crippen molar-refractivity contribution in [2.45, 2.75) is 20.3 Å². The minimum absolute atomic E-state index is 0.00266. The summed E-state index contributed by atoms with van der Waals surface area (Å²) in [5.74, 6) is -3.72. The molecule has 0 fully saturated rings. The van der Waals surface area contributed by atoms with Gasteiger partial charge in [0.1, 0.15) is 0 Å². The molecular weight excluding hydrogens is 468 g/mol. The molecule has 0 saturated carbocycles. The molecule has 0 unspecified atom stereocenters. The van der Waals surface area contributed by atoms with Gasteiger partial charge in [0.25, 0.3) is 11.8 Å². The molecule has 0 saturated heterocycles. The molecule has 0 bridgehead atoms. The van der Waals surface area contributed by atoms with Crippen molar-refractivity contribution in [1.82, 2.24) is 5.48 Å². The average molecular weight is 490 g/mol. The lowest BCUT2D eigenvalue weighted by Crippen LogP contribution is -2.32. The highest BCUT2D eigenvalue weighted by Crippen LogP contribution is 2.45. The number of hydrogen-bond acceptors (Lipinski definition) is 8. The highest BCUT2D eigenvalue weighted by molar-refractivity contribution is 6.37. The average Bonchev–Trinajstić information content (AvgIpc) is 3.22. The second kappa shape index (κ2) is 9.96. The van der Waals surface area contributed by atoms with Crippen LogP contribution in [0.5, 0.6) is 0 Å². The van der Waals surface area contributed by atoms with E-state index < -0.39 is 29.7 Å². The van der Waals surface area contributed by atoms with Gasteiger partial charge >= 0.3 is 11.9 Å². The van der Waals surface area contributed by atoms with Gasteiger partial charge in [0.05, 0.1) is 47.6 Å². The maximum atomic E-state index is 13.4. The molecule has 36 heavy (non-hydrogen) atoms. The maximum Gasteiger partial charge on any atom is 0.340 e. The number of benzene rings is 1. The molecule has 0 spiro atoms. The number of anilines is 1. The van der Waals surface area contributed by atoms with Crippen molar-refractivity contribution in [3.63, 3.8) is 0 Å². The standard InChI is InChI=1S/C26H22N2O8/c1-3-35-25(32)20-15-11-9-14(13-19(29)27-34)10-12-16(15)21(26(33)36-4-2)22(20)28-23(30)17-7-5-6-8-18(17)24(28)31/h5-12,34H,3-4,13H2,1-2H3,(H,27,29). The topological polar surface area (TPSA) is 139 Å². The van der Waals surface area contributed by atoms with Gasteiger partial charge in [-0.25, -0.2) is 20.0 Å². The van der Waals surface area contributed by atoms with E-state index in [-0.39, 0.29) is 58.7 Å². The van der Waals surface area contributed by atoms with Crippen LogP contribution < -0.4 is 10.4 Å². The van der Waals surface area contributed by atoms with Crippen LogP contribution in [-0.4, -0.2) is 48.1 Å². The van der Waals surface area contributed by atoms with E-state index in [4.69, 9.17) is 14.7 Å². The zero-order chi connectivity index (χ0) is 26.0. The number of fused-ring (bicyclic) bond motifs is 2. The second-order valence-corrected chi connectivity index (χ2v) is 7.81. The molecule has 4 rings (SSSR count). The van der Waals surface area contributed by atoms with E-state index in [0.717, 1.165) is 4.90 Å². The predicted octanol–water partition coefficient (Wildman–Crippen LogP) is 2.99. The Hall–Kier alpha value is -4.57. The quantitative estimate of drug-likeness (QED) is 0.223. The lowest BCUT2D eigenvalue weighted by Gasteiger charge is -2.17. The van der Waals surface area contributed by atoms with Crippen molar-refractivity contribution >= 4 is 35.3 Å². The fraction of sp³-hybridized carbons (Fsp3) is 0.192. The molecular formula is C26H22N2O8. The molecule has 184 valence electrons. The third-order valence-electron chi connectivity index (χ3n) is 5.70. The van der Waals surface area contributed by atoms with Crippen LogP contribution in [0.15, 0.2) is 48.5 Å². The van der Waals surface area contributed by atoms with Gasteiger partial charge in [-0.15, -0.1) is 0 Å². The van der Waals surface area contributed by atoms with Crippen molar-refractivity contribution in [1.29, 1.82) is 0 Å². The SMILES string of the molecule is CCOC(=O)c1c2ccc(CC(=O)NO)ccc-2c(C(=O)OCC)c1N1C(=O)c2ccccc2C1=O. The third kappa shape index (κ3) is 4.07. The number of ether oxygens (including phenoxy) is 2. The maximum absolute atomic E-state index is 13.4. The van der Waals surface area contributed by atoms with Crippen molar-refractivity contribution in [2.24, 2.45) is 0 Å². The molecule has 0 radical (unpaired) electrons. The molecule has 1 aromatic carbocycles. The van der Waals surface area contributed by atoms with Gasteiger partial charge in [0.2, 0.25) is 5.91 Å². The lowest BCUT2D eigenvalue weighted by molar-refractivity contribution is -0.128. The highest BCUT2D eigenvalue weighted by Gasteiger charge is 2.44. The monoisotopic (exact) mass is 490 g/mol. The zero-order valence-electron chi connectivity index (χ0n) is 19.5. The number of carbonyl (C=O) groups is 5. The molecule has 1 heterocycles. The summed E-state index contributed by atoms with van der Waals surface area (Å²) in [7, 11) is 0. The largest absolute Gasteiger partial charge is 0.462 e. The normalized spacial score (nSPS) is 12.5. The van der Waals surface area contributed by atoms with Crippen molar-refractivity contribution < 1.29 is 38.7 Å². The first-order valence-electron chi connectivity index (χ1n) is 11.2. The van der Waals surface area contributed by atoms with Gasteiger partial charge in [-0.3, -0.25) is 19.6 Å². The van der Waals surface area contributed by atoms with Crippen molar-refractivity contribution in [3.05, 3.63) is 76.3 Å². The molecule has 1 aromatic rings. The van der Waals surface area contributed by atoms with Gasteiger partial charge in [-0.2, -0.15) is 0 Å². The van der Waals surface area contributed by atoms with Crippen molar-refractivity contribution in [2.75, 3.05) is 18.1 Å². The van der Waals surface area contributed by atoms with E-state index in [2.05, 4.69) is 0 Å². The van der Waals surface area contributed by atoms with Gasteiger partial charge < -0.3 is 9.47 Å². The van der Waals surface area contributed by atoms with Crippen LogP contribution in [0.3, 0.4) is 0 Å². The molecule has 2 aliphatic carbocycles.